The molecule has 0 saturated heterocycles. The van der Waals surface area contributed by atoms with Crippen molar-refractivity contribution in [3.05, 3.63) is 119 Å². The molecule has 0 saturated carbocycles. The molecule has 0 aliphatic carbocycles. The van der Waals surface area contributed by atoms with Gasteiger partial charge in [0, 0.05) is 6.20 Å². The van der Waals surface area contributed by atoms with E-state index in [0.717, 1.165) is 6.07 Å². The lowest BCUT2D eigenvalue weighted by molar-refractivity contribution is -0.144. The number of alkyl halides is 12. The number of halogens is 12. The molecule has 0 aliphatic heterocycles. The Morgan fingerprint density at radius 3 is 1.30 bits per heavy atom. The zero-order valence-electron chi connectivity index (χ0n) is 21.0. The van der Waals surface area contributed by atoms with E-state index in [4.69, 9.17) is 0 Å². The minimum absolute atomic E-state index is 0.0510. The first-order valence-corrected chi connectivity index (χ1v) is 13.2. The molecule has 0 radical (unpaired) electrons. The van der Waals surface area contributed by atoms with Crippen LogP contribution < -0.4 is 15.9 Å². The van der Waals surface area contributed by atoms with E-state index in [1.54, 1.807) is 0 Å². The Morgan fingerprint density at radius 2 is 0.930 bits per heavy atom. The molecule has 0 spiro atoms. The lowest BCUT2D eigenvalue weighted by atomic mass is 10.1. The third-order valence-corrected chi connectivity index (χ3v) is 8.54. The van der Waals surface area contributed by atoms with Crippen molar-refractivity contribution in [1.29, 1.82) is 0 Å². The molecule has 0 amide bonds. The number of aromatic nitrogens is 1. The standard InChI is InChI=1S/C28H16F12NOP/c29-25(30,31)15-9-16(26(32,33)34)12-19(11-15)43(20-13-17(27(35,36)37)10-18(14-20)28(38,39)40)23-7-2-1-5-21(23)24(42)22-6-3-4-8-41-22/h1-14,24,42H/t24-/m0/s1. The van der Waals surface area contributed by atoms with Crippen molar-refractivity contribution in [2.75, 3.05) is 0 Å². The third kappa shape index (κ3) is 7.30. The number of aliphatic hydroxyl groups excluding tert-OH is 1. The summed E-state index contributed by atoms with van der Waals surface area (Å²) in [6.07, 6.45) is -21.9. The molecule has 0 unspecified atom stereocenters. The van der Waals surface area contributed by atoms with Crippen LogP contribution >= 0.6 is 7.92 Å². The summed E-state index contributed by atoms with van der Waals surface area (Å²) in [6, 6.07) is 9.66. The second-order valence-electron chi connectivity index (χ2n) is 9.08. The van der Waals surface area contributed by atoms with E-state index >= 15 is 0 Å². The van der Waals surface area contributed by atoms with Gasteiger partial charge in [-0.1, -0.05) is 30.3 Å². The highest BCUT2D eigenvalue weighted by Gasteiger charge is 2.41. The fourth-order valence-corrected chi connectivity index (χ4v) is 6.80. The highest BCUT2D eigenvalue weighted by atomic mass is 31.1. The highest BCUT2D eigenvalue weighted by Crippen LogP contribution is 2.44. The van der Waals surface area contributed by atoms with E-state index in [2.05, 4.69) is 4.98 Å². The summed E-state index contributed by atoms with van der Waals surface area (Å²) in [7, 11) is -3.03. The van der Waals surface area contributed by atoms with E-state index in [0.29, 0.717) is 0 Å². The van der Waals surface area contributed by atoms with Crippen LogP contribution in [0.25, 0.3) is 0 Å². The van der Waals surface area contributed by atoms with Gasteiger partial charge >= 0.3 is 24.7 Å². The summed E-state index contributed by atoms with van der Waals surface area (Å²) in [5, 5.41) is 9.07. The quantitative estimate of drug-likeness (QED) is 0.177. The number of benzene rings is 3. The van der Waals surface area contributed by atoms with Crippen molar-refractivity contribution < 1.29 is 57.8 Å². The second-order valence-corrected chi connectivity index (χ2v) is 11.3. The summed E-state index contributed by atoms with van der Waals surface area (Å²) in [5.41, 5.74) is -7.55. The number of hydrogen-bond donors (Lipinski definition) is 1. The molecule has 2 nitrogen and oxygen atoms in total. The number of hydrogen-bond acceptors (Lipinski definition) is 2. The van der Waals surface area contributed by atoms with Crippen LogP contribution in [0.4, 0.5) is 52.7 Å². The molecule has 1 aromatic heterocycles. The van der Waals surface area contributed by atoms with Gasteiger partial charge in [0.15, 0.2) is 0 Å². The maximum atomic E-state index is 13.8. The molecule has 43 heavy (non-hydrogen) atoms. The van der Waals surface area contributed by atoms with Crippen LogP contribution in [0.15, 0.2) is 85.1 Å². The van der Waals surface area contributed by atoms with Gasteiger partial charge in [-0.15, -0.1) is 0 Å². The van der Waals surface area contributed by atoms with Gasteiger partial charge in [0.05, 0.1) is 27.9 Å². The molecule has 4 aromatic rings. The molecular formula is C28H16F12NOP. The first kappa shape index (κ1) is 32.3. The maximum absolute atomic E-state index is 13.8. The Bertz CT molecular complexity index is 1450. The zero-order valence-corrected chi connectivity index (χ0v) is 21.9. The fraction of sp³-hybridized carbons (Fsp3) is 0.179. The number of rotatable bonds is 5. The molecule has 1 N–H and O–H groups in total. The van der Waals surface area contributed by atoms with Crippen LogP contribution in [0.1, 0.15) is 39.6 Å². The van der Waals surface area contributed by atoms with Crippen molar-refractivity contribution in [1.82, 2.24) is 4.98 Å². The van der Waals surface area contributed by atoms with Crippen LogP contribution in [0.3, 0.4) is 0 Å². The lowest BCUT2D eigenvalue weighted by Gasteiger charge is -2.27. The van der Waals surface area contributed by atoms with Gasteiger partial charge < -0.3 is 5.11 Å². The molecule has 0 aliphatic rings. The molecule has 228 valence electrons. The third-order valence-electron chi connectivity index (χ3n) is 6.10. The topological polar surface area (TPSA) is 33.1 Å². The monoisotopic (exact) mass is 641 g/mol. The van der Waals surface area contributed by atoms with Gasteiger partial charge in [0.25, 0.3) is 0 Å². The number of aliphatic hydroxyl groups is 1. The maximum Gasteiger partial charge on any atom is 0.416 e. The van der Waals surface area contributed by atoms with Crippen molar-refractivity contribution in [3.63, 3.8) is 0 Å². The normalized spacial score (nSPS) is 13.8. The van der Waals surface area contributed by atoms with Gasteiger partial charge in [-0.3, -0.25) is 4.98 Å². The average molecular weight is 641 g/mol. The van der Waals surface area contributed by atoms with E-state index in [9.17, 15) is 57.8 Å². The number of pyridine rings is 1. The molecule has 15 heteroatoms. The Kier molecular flexibility index (Phi) is 8.60. The Labute approximate surface area is 236 Å². The zero-order chi connectivity index (χ0) is 32.0. The first-order chi connectivity index (χ1) is 19.8. The summed E-state index contributed by atoms with van der Waals surface area (Å²) >= 11 is 0. The highest BCUT2D eigenvalue weighted by molar-refractivity contribution is 7.80. The predicted molar refractivity (Wildman–Crippen MR) is 133 cm³/mol. The number of nitrogens with zero attached hydrogens (tertiary/aromatic N) is 1. The summed E-state index contributed by atoms with van der Waals surface area (Å²) in [5.74, 6) is 0. The summed E-state index contributed by atoms with van der Waals surface area (Å²) in [6.45, 7) is 0. The van der Waals surface area contributed by atoms with Gasteiger partial charge in [0.1, 0.15) is 6.10 Å². The lowest BCUT2D eigenvalue weighted by Crippen LogP contribution is -2.28. The molecule has 0 fully saturated rings. The van der Waals surface area contributed by atoms with Crippen LogP contribution in [0, 0.1) is 0 Å². The average Bonchev–Trinajstić information content (AvgIpc) is 2.91. The van der Waals surface area contributed by atoms with Crippen molar-refractivity contribution in [3.8, 4) is 0 Å². The Morgan fingerprint density at radius 1 is 0.535 bits per heavy atom. The molecule has 1 heterocycles. The van der Waals surface area contributed by atoms with E-state index in [1.165, 1.54) is 42.6 Å². The molecular weight excluding hydrogens is 625 g/mol. The molecule has 0 bridgehead atoms. The van der Waals surface area contributed by atoms with Crippen molar-refractivity contribution in [2.24, 2.45) is 0 Å². The van der Waals surface area contributed by atoms with Gasteiger partial charge in [-0.2, -0.15) is 52.7 Å². The van der Waals surface area contributed by atoms with Crippen LogP contribution in [0.2, 0.25) is 0 Å². The SMILES string of the molecule is O[C@H](c1ccccn1)c1ccccc1P(c1cc(C(F)(F)F)cc(C(F)(F)F)c1)c1cc(C(F)(F)F)cc(C(F)(F)F)c1. The molecule has 3 aromatic carbocycles. The van der Waals surface area contributed by atoms with Crippen LogP contribution in [-0.4, -0.2) is 10.1 Å². The fourth-order valence-electron chi connectivity index (χ4n) is 4.18. The predicted octanol–water partition coefficient (Wildman–Crippen LogP) is 8.00. The first-order valence-electron chi connectivity index (χ1n) is 11.8. The van der Waals surface area contributed by atoms with Gasteiger partial charge in [-0.25, -0.2) is 0 Å². The Hall–Kier alpha value is -3.64. The van der Waals surface area contributed by atoms with E-state index in [-0.39, 0.29) is 53.0 Å². The van der Waals surface area contributed by atoms with Gasteiger partial charge in [-0.05, 0) is 77.9 Å². The summed E-state index contributed by atoms with van der Waals surface area (Å²) < 4.78 is 165. The van der Waals surface area contributed by atoms with E-state index in [1.807, 2.05) is 0 Å². The summed E-state index contributed by atoms with van der Waals surface area (Å²) in [4.78, 5) is 3.95. The van der Waals surface area contributed by atoms with Crippen molar-refractivity contribution >= 4 is 23.8 Å². The molecule has 1 atom stereocenters. The molecule has 4 rings (SSSR count). The largest absolute Gasteiger partial charge is 0.416 e. The Balaban J connectivity index is 2.13. The minimum atomic E-state index is -5.37. The van der Waals surface area contributed by atoms with Crippen LogP contribution in [-0.2, 0) is 24.7 Å². The van der Waals surface area contributed by atoms with Crippen molar-refractivity contribution in [2.45, 2.75) is 30.8 Å². The minimum Gasteiger partial charge on any atom is -0.382 e. The van der Waals surface area contributed by atoms with Crippen LogP contribution in [0.5, 0.6) is 0 Å². The second kappa shape index (κ2) is 11.5. The smallest absolute Gasteiger partial charge is 0.382 e. The van der Waals surface area contributed by atoms with E-state index < -0.39 is 71.6 Å². The van der Waals surface area contributed by atoms with Gasteiger partial charge in [0.2, 0.25) is 0 Å².